The first-order valence-corrected chi connectivity index (χ1v) is 11.3. The SMILES string of the molecule is C=CCC(O)C[C@H]1CC[C@H]2[C@@H]3CCC4CCCC[C@]4(C)[C@H]3CC[C@]12C. The van der Waals surface area contributed by atoms with Gasteiger partial charge >= 0.3 is 0 Å². The molecule has 1 heteroatoms. The maximum absolute atomic E-state index is 10.4. The Bertz CT molecular complexity index is 498. The van der Waals surface area contributed by atoms with Crippen LogP contribution in [-0.4, -0.2) is 11.2 Å². The van der Waals surface area contributed by atoms with E-state index in [4.69, 9.17) is 0 Å². The van der Waals surface area contributed by atoms with E-state index in [0.717, 1.165) is 42.4 Å². The number of fused-ring (bicyclic) bond motifs is 5. The van der Waals surface area contributed by atoms with Gasteiger partial charge < -0.3 is 5.11 Å². The summed E-state index contributed by atoms with van der Waals surface area (Å²) in [5.41, 5.74) is 1.16. The largest absolute Gasteiger partial charge is 0.393 e. The lowest BCUT2D eigenvalue weighted by atomic mass is 9.45. The summed E-state index contributed by atoms with van der Waals surface area (Å²) in [5, 5.41) is 10.4. The lowest BCUT2D eigenvalue weighted by Gasteiger charge is -2.60. The fraction of sp³-hybridized carbons (Fsp3) is 0.917. The number of aliphatic hydroxyl groups is 1. The van der Waals surface area contributed by atoms with E-state index in [1.54, 1.807) is 0 Å². The summed E-state index contributed by atoms with van der Waals surface area (Å²) in [5.74, 6) is 4.69. The average Bonchev–Trinajstić information content (AvgIpc) is 2.91. The highest BCUT2D eigenvalue weighted by molar-refractivity contribution is 5.08. The molecule has 4 fully saturated rings. The fourth-order valence-electron chi connectivity index (χ4n) is 8.41. The lowest BCUT2D eigenvalue weighted by molar-refractivity contribution is -0.113. The summed E-state index contributed by atoms with van der Waals surface area (Å²) >= 11 is 0. The van der Waals surface area contributed by atoms with Crippen LogP contribution in [0.4, 0.5) is 0 Å². The Kier molecular flexibility index (Phi) is 4.84. The van der Waals surface area contributed by atoms with Crippen molar-refractivity contribution in [1.29, 1.82) is 0 Å². The minimum atomic E-state index is -0.164. The zero-order valence-corrected chi connectivity index (χ0v) is 16.7. The van der Waals surface area contributed by atoms with Crippen molar-refractivity contribution in [1.82, 2.24) is 0 Å². The molecule has 4 saturated carbocycles. The standard InChI is InChI=1S/C24H40O/c1-4-7-19(25)16-18-10-12-21-20-11-9-17-8-5-6-14-23(17,2)22(20)13-15-24(18,21)3/h4,17-22,25H,1,5-16H2,2-3H3/t17?,18-,19?,20+,21+,22+,23+,24-/m1/s1. The van der Waals surface area contributed by atoms with Crippen molar-refractivity contribution in [3.8, 4) is 0 Å². The van der Waals surface area contributed by atoms with Crippen LogP contribution in [0.1, 0.15) is 90.9 Å². The van der Waals surface area contributed by atoms with Gasteiger partial charge in [0.2, 0.25) is 0 Å². The highest BCUT2D eigenvalue weighted by atomic mass is 16.3. The highest BCUT2D eigenvalue weighted by Crippen LogP contribution is 2.67. The van der Waals surface area contributed by atoms with E-state index in [-0.39, 0.29) is 6.10 Å². The van der Waals surface area contributed by atoms with E-state index >= 15 is 0 Å². The summed E-state index contributed by atoms with van der Waals surface area (Å²) in [6, 6.07) is 0. The maximum atomic E-state index is 10.4. The van der Waals surface area contributed by atoms with E-state index in [0.29, 0.717) is 10.8 Å². The molecule has 0 aromatic heterocycles. The van der Waals surface area contributed by atoms with Crippen molar-refractivity contribution in [2.75, 3.05) is 0 Å². The van der Waals surface area contributed by atoms with Gasteiger partial charge in [-0.25, -0.2) is 0 Å². The van der Waals surface area contributed by atoms with Crippen LogP contribution in [0, 0.1) is 40.4 Å². The normalized spacial score (nSPS) is 50.4. The van der Waals surface area contributed by atoms with Crippen molar-refractivity contribution in [2.45, 2.75) is 97.0 Å². The van der Waals surface area contributed by atoms with Crippen LogP contribution >= 0.6 is 0 Å². The van der Waals surface area contributed by atoms with Crippen LogP contribution in [0.15, 0.2) is 12.7 Å². The summed E-state index contributed by atoms with van der Waals surface area (Å²) < 4.78 is 0. The molecule has 25 heavy (non-hydrogen) atoms. The molecule has 0 aromatic rings. The third-order valence-corrected chi connectivity index (χ3v) is 9.77. The summed E-state index contributed by atoms with van der Waals surface area (Å²) in [6.45, 7) is 9.09. The highest BCUT2D eigenvalue weighted by Gasteiger charge is 2.59. The van der Waals surface area contributed by atoms with Crippen molar-refractivity contribution in [3.05, 3.63) is 12.7 Å². The molecule has 0 bridgehead atoms. The third kappa shape index (κ3) is 2.84. The minimum absolute atomic E-state index is 0.164. The second-order valence-corrected chi connectivity index (χ2v) is 10.6. The Morgan fingerprint density at radius 3 is 2.56 bits per heavy atom. The Morgan fingerprint density at radius 1 is 0.960 bits per heavy atom. The molecular formula is C24H40O. The second kappa shape index (κ2) is 6.70. The fourth-order valence-corrected chi connectivity index (χ4v) is 8.41. The van der Waals surface area contributed by atoms with Gasteiger partial charge in [-0.1, -0.05) is 32.8 Å². The van der Waals surface area contributed by atoms with Gasteiger partial charge in [-0.2, -0.15) is 0 Å². The van der Waals surface area contributed by atoms with E-state index < -0.39 is 0 Å². The van der Waals surface area contributed by atoms with Crippen molar-refractivity contribution in [2.24, 2.45) is 40.4 Å². The summed E-state index contributed by atoms with van der Waals surface area (Å²) in [7, 11) is 0. The molecule has 142 valence electrons. The van der Waals surface area contributed by atoms with Crippen LogP contribution in [0.2, 0.25) is 0 Å². The predicted molar refractivity (Wildman–Crippen MR) is 105 cm³/mol. The van der Waals surface area contributed by atoms with Gasteiger partial charge in [0, 0.05) is 0 Å². The van der Waals surface area contributed by atoms with Crippen molar-refractivity contribution in [3.63, 3.8) is 0 Å². The molecule has 2 unspecified atom stereocenters. The van der Waals surface area contributed by atoms with Crippen LogP contribution in [0.5, 0.6) is 0 Å². The topological polar surface area (TPSA) is 20.2 Å². The van der Waals surface area contributed by atoms with Gasteiger partial charge in [0.05, 0.1) is 6.10 Å². The van der Waals surface area contributed by atoms with E-state index in [2.05, 4.69) is 20.4 Å². The number of rotatable bonds is 4. The monoisotopic (exact) mass is 344 g/mol. The molecule has 0 amide bonds. The van der Waals surface area contributed by atoms with Gasteiger partial charge in [0.25, 0.3) is 0 Å². The van der Waals surface area contributed by atoms with Gasteiger partial charge in [0.1, 0.15) is 0 Å². The van der Waals surface area contributed by atoms with Crippen molar-refractivity contribution >= 4 is 0 Å². The Hall–Kier alpha value is -0.300. The van der Waals surface area contributed by atoms with Gasteiger partial charge in [0.15, 0.2) is 0 Å². The average molecular weight is 345 g/mol. The van der Waals surface area contributed by atoms with Gasteiger partial charge in [-0.3, -0.25) is 0 Å². The molecule has 1 N–H and O–H groups in total. The first-order chi connectivity index (χ1) is 12.0. The molecule has 1 nitrogen and oxygen atoms in total. The van der Waals surface area contributed by atoms with Crippen LogP contribution in [0.3, 0.4) is 0 Å². The first-order valence-electron chi connectivity index (χ1n) is 11.3. The van der Waals surface area contributed by atoms with Crippen LogP contribution in [0.25, 0.3) is 0 Å². The van der Waals surface area contributed by atoms with Crippen molar-refractivity contribution < 1.29 is 5.11 Å². The minimum Gasteiger partial charge on any atom is -0.393 e. The molecule has 0 aliphatic heterocycles. The van der Waals surface area contributed by atoms with E-state index in [1.165, 1.54) is 64.2 Å². The molecule has 0 spiro atoms. The second-order valence-electron chi connectivity index (χ2n) is 10.6. The molecule has 4 aliphatic carbocycles. The van der Waals surface area contributed by atoms with Crippen LogP contribution < -0.4 is 0 Å². The molecule has 0 saturated heterocycles. The zero-order valence-electron chi connectivity index (χ0n) is 16.7. The number of aliphatic hydroxyl groups excluding tert-OH is 1. The zero-order chi connectivity index (χ0) is 17.7. The lowest BCUT2D eigenvalue weighted by Crippen LogP contribution is -2.52. The van der Waals surface area contributed by atoms with E-state index in [1.807, 2.05) is 6.08 Å². The van der Waals surface area contributed by atoms with Gasteiger partial charge in [-0.05, 0) is 105 Å². The molecule has 4 rings (SSSR count). The molecule has 0 heterocycles. The number of hydrogen-bond donors (Lipinski definition) is 1. The van der Waals surface area contributed by atoms with E-state index in [9.17, 15) is 5.11 Å². The molecular weight excluding hydrogens is 304 g/mol. The first kappa shape index (κ1) is 18.1. The molecule has 4 aliphatic rings. The smallest absolute Gasteiger partial charge is 0.0577 e. The Balaban J connectivity index is 1.52. The quantitative estimate of drug-likeness (QED) is 0.588. The number of hydrogen-bond acceptors (Lipinski definition) is 1. The summed E-state index contributed by atoms with van der Waals surface area (Å²) in [4.78, 5) is 0. The molecule has 0 aromatic carbocycles. The summed E-state index contributed by atoms with van der Waals surface area (Å²) in [6.07, 6.45) is 18.2. The molecule has 8 atom stereocenters. The maximum Gasteiger partial charge on any atom is 0.0577 e. The third-order valence-electron chi connectivity index (χ3n) is 9.77. The molecule has 0 radical (unpaired) electrons. The van der Waals surface area contributed by atoms with Gasteiger partial charge in [-0.15, -0.1) is 6.58 Å². The van der Waals surface area contributed by atoms with Crippen LogP contribution in [-0.2, 0) is 0 Å². The Labute approximate surface area is 155 Å². The predicted octanol–water partition coefficient (Wildman–Crippen LogP) is 6.36. The Morgan fingerprint density at radius 2 is 1.76 bits per heavy atom.